The highest BCUT2D eigenvalue weighted by Crippen LogP contribution is 2.15. The van der Waals surface area contributed by atoms with Gasteiger partial charge in [-0.2, -0.15) is 0 Å². The highest BCUT2D eigenvalue weighted by atomic mass is 16.1. The lowest BCUT2D eigenvalue weighted by atomic mass is 10.0. The Kier molecular flexibility index (Phi) is 4.17. The number of H-pyrrole nitrogens is 1. The lowest BCUT2D eigenvalue weighted by Gasteiger charge is -2.15. The molecule has 1 aromatic carbocycles. The zero-order valence-electron chi connectivity index (χ0n) is 11.7. The average molecular weight is 256 g/mol. The Labute approximate surface area is 113 Å². The monoisotopic (exact) mass is 256 g/mol. The lowest BCUT2D eigenvalue weighted by molar-refractivity contribution is 0.572. The summed E-state index contributed by atoms with van der Waals surface area (Å²) in [6, 6.07) is 10.1. The van der Waals surface area contributed by atoms with Gasteiger partial charge in [-0.1, -0.05) is 18.2 Å². The van der Waals surface area contributed by atoms with E-state index in [9.17, 15) is 4.79 Å². The Balaban J connectivity index is 2.06. The van der Waals surface area contributed by atoms with Gasteiger partial charge in [0, 0.05) is 24.8 Å². The topological polar surface area (TPSA) is 44.9 Å². The molecule has 0 aliphatic heterocycles. The van der Waals surface area contributed by atoms with Crippen LogP contribution in [-0.2, 0) is 6.54 Å². The van der Waals surface area contributed by atoms with Crippen molar-refractivity contribution in [2.24, 2.45) is 0 Å². The molecule has 0 unspecified atom stereocenters. The molecule has 2 rings (SSSR count). The van der Waals surface area contributed by atoms with Crippen molar-refractivity contribution < 1.29 is 0 Å². The second kappa shape index (κ2) is 5.85. The normalized spacial score (nSPS) is 12.4. The fraction of sp³-hybridized carbons (Fsp3) is 0.312. The van der Waals surface area contributed by atoms with E-state index in [-0.39, 0.29) is 11.6 Å². The molecule has 2 aromatic rings. The van der Waals surface area contributed by atoms with E-state index in [0.29, 0.717) is 0 Å². The Morgan fingerprint density at radius 2 is 2.05 bits per heavy atom. The number of hydrogen-bond donors (Lipinski definition) is 2. The number of aromatic amines is 1. The fourth-order valence-corrected chi connectivity index (χ4v) is 2.11. The minimum Gasteiger partial charge on any atom is -0.329 e. The molecule has 0 aliphatic carbocycles. The van der Waals surface area contributed by atoms with Gasteiger partial charge in [0.05, 0.1) is 0 Å². The van der Waals surface area contributed by atoms with Crippen LogP contribution in [-0.4, -0.2) is 4.98 Å². The zero-order valence-corrected chi connectivity index (χ0v) is 11.7. The van der Waals surface area contributed by atoms with Crippen LogP contribution in [0.3, 0.4) is 0 Å². The Hall–Kier alpha value is -1.87. The van der Waals surface area contributed by atoms with E-state index in [0.717, 1.165) is 12.1 Å². The summed E-state index contributed by atoms with van der Waals surface area (Å²) in [6.07, 6.45) is 1.69. The van der Waals surface area contributed by atoms with Gasteiger partial charge in [0.15, 0.2) is 0 Å². The first kappa shape index (κ1) is 13.6. The van der Waals surface area contributed by atoms with Crippen molar-refractivity contribution in [3.05, 3.63) is 69.1 Å². The largest absolute Gasteiger partial charge is 0.329 e. The quantitative estimate of drug-likeness (QED) is 0.883. The molecule has 1 atom stereocenters. The predicted molar refractivity (Wildman–Crippen MR) is 78.2 cm³/mol. The van der Waals surface area contributed by atoms with Gasteiger partial charge >= 0.3 is 0 Å². The summed E-state index contributed by atoms with van der Waals surface area (Å²) in [5.41, 5.74) is 4.89. The minimum atomic E-state index is -0.0575. The molecule has 0 aliphatic rings. The predicted octanol–water partition coefficient (Wildman–Crippen LogP) is 2.84. The zero-order chi connectivity index (χ0) is 13.8. The molecule has 0 spiro atoms. The van der Waals surface area contributed by atoms with Gasteiger partial charge in [0.2, 0.25) is 5.56 Å². The molecule has 0 bridgehead atoms. The number of aryl methyl sites for hydroxylation is 1. The van der Waals surface area contributed by atoms with Crippen molar-refractivity contribution >= 4 is 0 Å². The van der Waals surface area contributed by atoms with Crippen LogP contribution in [0.2, 0.25) is 0 Å². The number of benzene rings is 1. The maximum atomic E-state index is 11.3. The van der Waals surface area contributed by atoms with E-state index in [1.54, 1.807) is 12.3 Å². The highest BCUT2D eigenvalue weighted by Gasteiger charge is 2.06. The first-order valence-corrected chi connectivity index (χ1v) is 6.55. The summed E-state index contributed by atoms with van der Waals surface area (Å²) < 4.78 is 0. The van der Waals surface area contributed by atoms with Gasteiger partial charge in [-0.05, 0) is 49.1 Å². The molecule has 0 saturated carbocycles. The van der Waals surface area contributed by atoms with Crippen molar-refractivity contribution in [2.45, 2.75) is 33.4 Å². The van der Waals surface area contributed by atoms with Gasteiger partial charge in [-0.25, -0.2) is 0 Å². The minimum absolute atomic E-state index is 0.0575. The maximum absolute atomic E-state index is 11.3. The Bertz CT molecular complexity index is 616. The molecule has 100 valence electrons. The van der Waals surface area contributed by atoms with Crippen LogP contribution in [0, 0.1) is 13.8 Å². The summed E-state index contributed by atoms with van der Waals surface area (Å²) in [7, 11) is 0. The van der Waals surface area contributed by atoms with Gasteiger partial charge in [-0.3, -0.25) is 4.79 Å². The van der Waals surface area contributed by atoms with E-state index in [1.165, 1.54) is 16.7 Å². The van der Waals surface area contributed by atoms with Crippen LogP contribution in [0.4, 0.5) is 0 Å². The smallest absolute Gasteiger partial charge is 0.248 e. The third-order valence-electron chi connectivity index (χ3n) is 3.61. The molecule has 3 heteroatoms. The van der Waals surface area contributed by atoms with Crippen LogP contribution >= 0.6 is 0 Å². The van der Waals surface area contributed by atoms with Gasteiger partial charge in [0.25, 0.3) is 0 Å². The number of rotatable bonds is 4. The second-order valence-electron chi connectivity index (χ2n) is 4.95. The summed E-state index contributed by atoms with van der Waals surface area (Å²) in [5, 5.41) is 3.46. The van der Waals surface area contributed by atoms with Crippen molar-refractivity contribution in [1.82, 2.24) is 10.3 Å². The van der Waals surface area contributed by atoms with Crippen LogP contribution in [0.15, 0.2) is 41.3 Å². The molecule has 3 nitrogen and oxygen atoms in total. The Morgan fingerprint density at radius 3 is 2.79 bits per heavy atom. The fourth-order valence-electron chi connectivity index (χ4n) is 2.11. The van der Waals surface area contributed by atoms with E-state index < -0.39 is 0 Å². The molecule has 0 radical (unpaired) electrons. The average Bonchev–Trinajstić information content (AvgIpc) is 2.40. The lowest BCUT2D eigenvalue weighted by Crippen LogP contribution is -2.20. The second-order valence-corrected chi connectivity index (χ2v) is 4.95. The summed E-state index contributed by atoms with van der Waals surface area (Å²) in [5.74, 6) is 0. The number of aromatic nitrogens is 1. The van der Waals surface area contributed by atoms with Gasteiger partial charge in [-0.15, -0.1) is 0 Å². The number of nitrogens with one attached hydrogen (secondary N) is 2. The van der Waals surface area contributed by atoms with E-state index in [2.05, 4.69) is 49.3 Å². The van der Waals surface area contributed by atoms with Crippen molar-refractivity contribution in [2.75, 3.05) is 0 Å². The molecule has 2 N–H and O–H groups in total. The van der Waals surface area contributed by atoms with Gasteiger partial charge < -0.3 is 10.3 Å². The third-order valence-corrected chi connectivity index (χ3v) is 3.61. The van der Waals surface area contributed by atoms with Crippen LogP contribution in [0.1, 0.15) is 35.2 Å². The first-order valence-electron chi connectivity index (χ1n) is 6.55. The molecule has 0 saturated heterocycles. The molecule has 0 fully saturated rings. The molecule has 1 aromatic heterocycles. The van der Waals surface area contributed by atoms with Crippen molar-refractivity contribution in [3.8, 4) is 0 Å². The van der Waals surface area contributed by atoms with Crippen molar-refractivity contribution in [3.63, 3.8) is 0 Å². The summed E-state index contributed by atoms with van der Waals surface area (Å²) in [4.78, 5) is 13.9. The SMILES string of the molecule is Cc1cccc(CN[C@@H](C)c2cc[nH]c(=O)c2)c1C. The van der Waals surface area contributed by atoms with Gasteiger partial charge in [0.1, 0.15) is 0 Å². The number of pyridine rings is 1. The maximum Gasteiger partial charge on any atom is 0.248 e. The summed E-state index contributed by atoms with van der Waals surface area (Å²) >= 11 is 0. The molecular weight excluding hydrogens is 236 g/mol. The summed E-state index contributed by atoms with van der Waals surface area (Å²) in [6.45, 7) is 7.14. The highest BCUT2D eigenvalue weighted by molar-refractivity contribution is 5.33. The van der Waals surface area contributed by atoms with E-state index in [4.69, 9.17) is 0 Å². The Morgan fingerprint density at radius 1 is 1.26 bits per heavy atom. The standard InChI is InChI=1S/C16H20N2O/c1-11-5-4-6-15(12(11)2)10-18-13(3)14-7-8-17-16(19)9-14/h4-9,13,18H,10H2,1-3H3,(H,17,19)/t13-/m0/s1. The van der Waals surface area contributed by atoms with E-state index in [1.807, 2.05) is 6.07 Å². The molecule has 19 heavy (non-hydrogen) atoms. The third kappa shape index (κ3) is 3.32. The molecule has 0 amide bonds. The van der Waals surface area contributed by atoms with Crippen LogP contribution < -0.4 is 10.9 Å². The number of hydrogen-bond acceptors (Lipinski definition) is 2. The first-order chi connectivity index (χ1) is 9.08. The molecule has 1 heterocycles. The van der Waals surface area contributed by atoms with E-state index >= 15 is 0 Å². The van der Waals surface area contributed by atoms with Crippen LogP contribution in [0.5, 0.6) is 0 Å². The van der Waals surface area contributed by atoms with Crippen molar-refractivity contribution in [1.29, 1.82) is 0 Å². The molecular formula is C16H20N2O. The van der Waals surface area contributed by atoms with Crippen LogP contribution in [0.25, 0.3) is 0 Å².